The lowest BCUT2D eigenvalue weighted by molar-refractivity contribution is -0.134. The molecule has 1 N–H and O–H groups in total. The Morgan fingerprint density at radius 2 is 2.27 bits per heavy atom. The molecule has 0 radical (unpaired) electrons. The van der Waals surface area contributed by atoms with Gasteiger partial charge in [0.05, 0.1) is 6.54 Å². The maximum atomic E-state index is 12.3. The third-order valence-corrected chi connectivity index (χ3v) is 3.85. The van der Waals surface area contributed by atoms with Crippen LogP contribution in [0.25, 0.3) is 5.65 Å². The quantitative estimate of drug-likeness (QED) is 0.870. The molecule has 1 fully saturated rings. The van der Waals surface area contributed by atoms with E-state index in [9.17, 15) is 9.59 Å². The number of carbonyl (C=O) groups is 1. The molecule has 2 aromatic rings. The average molecular weight is 326 g/mol. The van der Waals surface area contributed by atoms with E-state index in [2.05, 4.69) is 10.4 Å². The van der Waals surface area contributed by atoms with Crippen molar-refractivity contribution < 1.29 is 4.79 Å². The Bertz CT molecular complexity index is 711. The monoisotopic (exact) mass is 325 g/mol. The molecule has 3 heterocycles. The first kappa shape index (κ1) is 16.5. The van der Waals surface area contributed by atoms with Crippen LogP contribution in [0.2, 0.25) is 0 Å². The van der Waals surface area contributed by atoms with E-state index in [1.165, 1.54) is 9.08 Å². The van der Waals surface area contributed by atoms with Crippen LogP contribution in [0.4, 0.5) is 0 Å². The normalized spacial score (nSPS) is 18.2. The van der Waals surface area contributed by atoms with Crippen molar-refractivity contribution >= 4 is 24.0 Å². The van der Waals surface area contributed by atoms with Gasteiger partial charge in [0.1, 0.15) is 0 Å². The van der Waals surface area contributed by atoms with Gasteiger partial charge in [-0.3, -0.25) is 9.20 Å². The summed E-state index contributed by atoms with van der Waals surface area (Å²) in [4.78, 5) is 26.2. The van der Waals surface area contributed by atoms with E-state index < -0.39 is 0 Å². The number of fused-ring (bicyclic) bond motifs is 1. The van der Waals surface area contributed by atoms with Crippen molar-refractivity contribution in [1.82, 2.24) is 24.4 Å². The number of halogens is 1. The second-order valence-corrected chi connectivity index (χ2v) is 5.32. The van der Waals surface area contributed by atoms with Crippen LogP contribution in [0.3, 0.4) is 0 Å². The van der Waals surface area contributed by atoms with Crippen LogP contribution < -0.4 is 11.0 Å². The zero-order valence-corrected chi connectivity index (χ0v) is 13.3. The molecule has 22 heavy (non-hydrogen) atoms. The zero-order valence-electron chi connectivity index (χ0n) is 12.4. The van der Waals surface area contributed by atoms with Crippen molar-refractivity contribution in [3.8, 4) is 0 Å². The number of rotatable bonds is 3. The number of nitrogens with one attached hydrogen (secondary N) is 1. The first-order valence-electron chi connectivity index (χ1n) is 7.21. The Kier molecular flexibility index (Phi) is 5.20. The molecule has 0 aliphatic carbocycles. The van der Waals surface area contributed by atoms with Gasteiger partial charge in [0.15, 0.2) is 5.65 Å². The van der Waals surface area contributed by atoms with Gasteiger partial charge in [0.2, 0.25) is 5.91 Å². The number of hydrogen-bond acceptors (Lipinski definition) is 4. The summed E-state index contributed by atoms with van der Waals surface area (Å²) in [5.41, 5.74) is 0.400. The van der Waals surface area contributed by atoms with E-state index >= 15 is 0 Å². The molecule has 1 atom stereocenters. The predicted octanol–water partition coefficient (Wildman–Crippen LogP) is 0.128. The summed E-state index contributed by atoms with van der Waals surface area (Å²) in [6.45, 7) is 4.71. The lowest BCUT2D eigenvalue weighted by Gasteiger charge is -2.34. The van der Waals surface area contributed by atoms with E-state index in [0.29, 0.717) is 18.6 Å². The molecular weight excluding hydrogens is 306 g/mol. The smallest absolute Gasteiger partial charge is 0.337 e. The van der Waals surface area contributed by atoms with E-state index in [4.69, 9.17) is 0 Å². The molecule has 2 aromatic heterocycles. The molecule has 0 spiro atoms. The van der Waals surface area contributed by atoms with Crippen molar-refractivity contribution in [2.24, 2.45) is 0 Å². The summed E-state index contributed by atoms with van der Waals surface area (Å²) >= 11 is 0. The van der Waals surface area contributed by atoms with Gasteiger partial charge in [-0.25, -0.2) is 9.48 Å². The minimum Gasteiger partial charge on any atom is -0.337 e. The van der Waals surface area contributed by atoms with Crippen LogP contribution in [0.15, 0.2) is 29.2 Å². The highest BCUT2D eigenvalue weighted by Gasteiger charge is 2.22. The Balaban J connectivity index is 0.00000176. The number of pyridine rings is 1. The van der Waals surface area contributed by atoms with Gasteiger partial charge in [-0.2, -0.15) is 0 Å². The number of hydrogen-bond donors (Lipinski definition) is 1. The van der Waals surface area contributed by atoms with Gasteiger partial charge < -0.3 is 10.2 Å². The number of amides is 1. The first-order valence-corrected chi connectivity index (χ1v) is 7.21. The minimum atomic E-state index is -0.202. The van der Waals surface area contributed by atoms with Crippen LogP contribution in [-0.4, -0.2) is 50.7 Å². The predicted molar refractivity (Wildman–Crippen MR) is 85.4 cm³/mol. The number of aromatic nitrogens is 3. The molecular formula is C14H20ClN5O2. The molecule has 3 rings (SSSR count). The fourth-order valence-corrected chi connectivity index (χ4v) is 2.67. The topological polar surface area (TPSA) is 71.6 Å². The van der Waals surface area contributed by atoms with Gasteiger partial charge in [-0.05, 0) is 19.1 Å². The van der Waals surface area contributed by atoms with E-state index in [0.717, 1.165) is 19.6 Å². The van der Waals surface area contributed by atoms with E-state index in [1.807, 2.05) is 17.9 Å². The summed E-state index contributed by atoms with van der Waals surface area (Å²) < 4.78 is 2.85. The highest BCUT2D eigenvalue weighted by Crippen LogP contribution is 2.05. The summed E-state index contributed by atoms with van der Waals surface area (Å²) in [7, 11) is 0. The highest BCUT2D eigenvalue weighted by molar-refractivity contribution is 5.85. The molecule has 0 aromatic carbocycles. The van der Waals surface area contributed by atoms with Gasteiger partial charge >= 0.3 is 5.69 Å². The third kappa shape index (κ3) is 3.15. The lowest BCUT2D eigenvalue weighted by Crippen LogP contribution is -2.52. The Hall–Kier alpha value is -1.86. The molecule has 1 aliphatic heterocycles. The van der Waals surface area contributed by atoms with Crippen LogP contribution in [-0.2, 0) is 11.3 Å². The van der Waals surface area contributed by atoms with Crippen molar-refractivity contribution in [2.75, 3.05) is 19.6 Å². The fraction of sp³-hybridized carbons (Fsp3) is 0.500. The molecule has 120 valence electrons. The summed E-state index contributed by atoms with van der Waals surface area (Å²) in [5.74, 6) is 0.0768. The summed E-state index contributed by atoms with van der Waals surface area (Å²) in [6.07, 6.45) is 1.98. The van der Waals surface area contributed by atoms with Gasteiger partial charge in [-0.1, -0.05) is 6.07 Å². The van der Waals surface area contributed by atoms with Crippen LogP contribution in [0.5, 0.6) is 0 Å². The Morgan fingerprint density at radius 1 is 1.45 bits per heavy atom. The fourth-order valence-electron chi connectivity index (χ4n) is 2.67. The molecule has 1 aliphatic rings. The van der Waals surface area contributed by atoms with Gasteiger partial charge in [-0.15, -0.1) is 17.5 Å². The standard InChI is InChI=1S/C14H19N5O2.ClH/c1-11-10-15-6-9-17(11)13(20)5-8-19-14(21)18-7-3-2-4-12(18)16-19;/h2-4,7,11,15H,5-6,8-10H2,1H3;1H. The SMILES string of the molecule is CC1CNCCN1C(=O)CCn1nc2ccccn2c1=O.Cl. The van der Waals surface area contributed by atoms with Crippen molar-refractivity contribution in [2.45, 2.75) is 25.9 Å². The average Bonchev–Trinajstić information content (AvgIpc) is 2.82. The van der Waals surface area contributed by atoms with Crippen LogP contribution in [0, 0.1) is 0 Å². The van der Waals surface area contributed by atoms with Crippen molar-refractivity contribution in [1.29, 1.82) is 0 Å². The maximum absolute atomic E-state index is 12.3. The van der Waals surface area contributed by atoms with Crippen LogP contribution >= 0.6 is 12.4 Å². The minimum absolute atomic E-state index is 0. The molecule has 0 saturated carbocycles. The lowest BCUT2D eigenvalue weighted by atomic mass is 10.2. The summed E-state index contributed by atoms with van der Waals surface area (Å²) in [6, 6.07) is 5.59. The molecule has 1 saturated heterocycles. The number of aryl methyl sites for hydroxylation is 1. The second kappa shape index (κ2) is 6.93. The highest BCUT2D eigenvalue weighted by atomic mass is 35.5. The zero-order chi connectivity index (χ0) is 14.8. The molecule has 8 heteroatoms. The van der Waals surface area contributed by atoms with Gasteiger partial charge in [0, 0.05) is 38.3 Å². The number of piperazine rings is 1. The van der Waals surface area contributed by atoms with Crippen LogP contribution in [0.1, 0.15) is 13.3 Å². The van der Waals surface area contributed by atoms with E-state index in [-0.39, 0.29) is 30.0 Å². The molecule has 1 unspecified atom stereocenters. The summed E-state index contributed by atoms with van der Waals surface area (Å²) in [5, 5.41) is 7.49. The van der Waals surface area contributed by atoms with Crippen molar-refractivity contribution in [3.63, 3.8) is 0 Å². The first-order chi connectivity index (χ1) is 10.2. The second-order valence-electron chi connectivity index (χ2n) is 5.32. The maximum Gasteiger partial charge on any atom is 0.350 e. The molecule has 1 amide bonds. The largest absolute Gasteiger partial charge is 0.350 e. The van der Waals surface area contributed by atoms with E-state index in [1.54, 1.807) is 18.3 Å². The molecule has 0 bridgehead atoms. The number of nitrogens with zero attached hydrogens (tertiary/aromatic N) is 4. The van der Waals surface area contributed by atoms with Gasteiger partial charge in [0.25, 0.3) is 0 Å². The Morgan fingerprint density at radius 3 is 3.00 bits per heavy atom. The Labute approximate surface area is 134 Å². The third-order valence-electron chi connectivity index (χ3n) is 3.85. The molecule has 7 nitrogen and oxygen atoms in total. The number of carbonyl (C=O) groups excluding carboxylic acids is 1. The van der Waals surface area contributed by atoms with Crippen molar-refractivity contribution in [3.05, 3.63) is 34.9 Å².